The van der Waals surface area contributed by atoms with E-state index in [0.29, 0.717) is 0 Å². The molecular formula is C58H46N2S. The van der Waals surface area contributed by atoms with Crippen LogP contribution in [-0.2, 0) is 0 Å². The highest BCUT2D eigenvalue weighted by molar-refractivity contribution is 7.18. The number of thiophene rings is 1. The van der Waals surface area contributed by atoms with E-state index in [0.717, 1.165) is 34.1 Å². The van der Waals surface area contributed by atoms with Crippen LogP contribution in [0, 0.1) is 27.7 Å². The van der Waals surface area contributed by atoms with Crippen LogP contribution >= 0.6 is 11.3 Å². The molecule has 0 spiro atoms. The van der Waals surface area contributed by atoms with Crippen LogP contribution < -0.4 is 9.80 Å². The van der Waals surface area contributed by atoms with Crippen molar-refractivity contribution in [1.29, 1.82) is 0 Å². The Kier molecular flexibility index (Phi) is 10.0. The minimum Gasteiger partial charge on any atom is -0.309 e. The maximum atomic E-state index is 2.46. The minimum atomic E-state index is 1.11. The summed E-state index contributed by atoms with van der Waals surface area (Å²) < 4.78 is 0. The van der Waals surface area contributed by atoms with Gasteiger partial charge in [0.2, 0.25) is 0 Å². The topological polar surface area (TPSA) is 6.48 Å². The molecule has 0 aliphatic carbocycles. The van der Waals surface area contributed by atoms with Gasteiger partial charge < -0.3 is 9.80 Å². The second-order valence-electron chi connectivity index (χ2n) is 16.1. The van der Waals surface area contributed by atoms with Crippen molar-refractivity contribution < 1.29 is 0 Å². The number of fused-ring (bicyclic) bond motifs is 2. The third kappa shape index (κ3) is 7.39. The Bertz CT molecular complexity index is 3040. The molecule has 10 rings (SSSR count). The fourth-order valence-electron chi connectivity index (χ4n) is 8.46. The number of hydrogen-bond donors (Lipinski definition) is 0. The molecule has 3 heteroatoms. The summed E-state index contributed by atoms with van der Waals surface area (Å²) in [6.07, 6.45) is 0. The summed E-state index contributed by atoms with van der Waals surface area (Å²) in [5.41, 5.74) is 16.5. The van der Waals surface area contributed by atoms with E-state index in [2.05, 4.69) is 244 Å². The molecule has 61 heavy (non-hydrogen) atoms. The van der Waals surface area contributed by atoms with Gasteiger partial charge in [0.1, 0.15) is 0 Å². The molecule has 0 radical (unpaired) electrons. The largest absolute Gasteiger partial charge is 0.309 e. The van der Waals surface area contributed by atoms with Crippen molar-refractivity contribution in [2.24, 2.45) is 0 Å². The second kappa shape index (κ2) is 16.1. The molecule has 1 aromatic heterocycles. The van der Waals surface area contributed by atoms with Crippen molar-refractivity contribution in [3.8, 4) is 32.0 Å². The van der Waals surface area contributed by atoms with E-state index >= 15 is 0 Å². The predicted molar refractivity (Wildman–Crippen MR) is 264 cm³/mol. The Labute approximate surface area is 363 Å². The molecule has 1 heterocycles. The molecule has 10 aromatic rings. The number of rotatable bonds is 9. The van der Waals surface area contributed by atoms with Crippen LogP contribution in [0.2, 0.25) is 0 Å². The van der Waals surface area contributed by atoms with Crippen molar-refractivity contribution >= 4 is 67.0 Å². The standard InChI is InChI=1S/C58H46N2S/c1-39-14-27-47(28-15-39)59(48-29-16-40(2)17-30-48)57-51-12-8-9-13-52(51)58(60(49-31-18-41(3)19-32-49)50-33-20-42(4)21-34-50)54-38-46(26-35-53(54)57)43-22-24-45(25-23-43)56-37-36-55(61-56)44-10-6-5-7-11-44/h5-38H,1-4H3. The van der Waals surface area contributed by atoms with Crippen LogP contribution in [0.3, 0.4) is 0 Å². The molecule has 0 saturated heterocycles. The number of nitrogens with zero attached hydrogens (tertiary/aromatic N) is 2. The lowest BCUT2D eigenvalue weighted by atomic mass is 9.92. The summed E-state index contributed by atoms with van der Waals surface area (Å²) in [5.74, 6) is 0. The first kappa shape index (κ1) is 38.0. The third-order valence-electron chi connectivity index (χ3n) is 11.8. The quantitative estimate of drug-likeness (QED) is 0.106. The summed E-state index contributed by atoms with van der Waals surface area (Å²) in [7, 11) is 0. The van der Waals surface area contributed by atoms with Gasteiger partial charge in [-0.15, -0.1) is 11.3 Å². The SMILES string of the molecule is Cc1ccc(N(c2ccc(C)cc2)c2c3ccccc3c(N(c3ccc(C)cc3)c3ccc(C)cc3)c3cc(-c4ccc(-c5ccc(-c6ccccc6)s5)cc4)ccc23)cc1. The molecule has 0 N–H and O–H groups in total. The Morgan fingerprint density at radius 3 is 1.07 bits per heavy atom. The van der Waals surface area contributed by atoms with Gasteiger partial charge in [-0.3, -0.25) is 0 Å². The first-order chi connectivity index (χ1) is 29.9. The van der Waals surface area contributed by atoms with E-state index < -0.39 is 0 Å². The molecule has 9 aromatic carbocycles. The highest BCUT2D eigenvalue weighted by Gasteiger charge is 2.26. The highest BCUT2D eigenvalue weighted by Crippen LogP contribution is 2.52. The lowest BCUT2D eigenvalue weighted by Crippen LogP contribution is -2.14. The summed E-state index contributed by atoms with van der Waals surface area (Å²) in [4.78, 5) is 7.46. The van der Waals surface area contributed by atoms with Gasteiger partial charge in [-0.2, -0.15) is 0 Å². The van der Waals surface area contributed by atoms with Gasteiger partial charge in [0.15, 0.2) is 0 Å². The number of benzene rings is 9. The zero-order chi connectivity index (χ0) is 41.5. The van der Waals surface area contributed by atoms with Crippen LogP contribution in [0.1, 0.15) is 22.3 Å². The molecule has 0 fully saturated rings. The Morgan fingerprint density at radius 1 is 0.279 bits per heavy atom. The lowest BCUT2D eigenvalue weighted by molar-refractivity contribution is 1.28. The molecule has 294 valence electrons. The molecule has 0 atom stereocenters. The zero-order valence-corrected chi connectivity index (χ0v) is 35.7. The monoisotopic (exact) mass is 802 g/mol. The zero-order valence-electron chi connectivity index (χ0n) is 34.9. The van der Waals surface area contributed by atoms with Crippen molar-refractivity contribution in [2.75, 3.05) is 9.80 Å². The second-order valence-corrected chi connectivity index (χ2v) is 17.2. The van der Waals surface area contributed by atoms with Crippen molar-refractivity contribution in [2.45, 2.75) is 27.7 Å². The minimum absolute atomic E-state index is 1.11. The summed E-state index contributed by atoms with van der Waals surface area (Å²) in [6, 6.07) is 76.0. The van der Waals surface area contributed by atoms with Crippen molar-refractivity contribution in [1.82, 2.24) is 0 Å². The van der Waals surface area contributed by atoms with Crippen LogP contribution in [0.15, 0.2) is 206 Å². The molecule has 0 saturated carbocycles. The van der Waals surface area contributed by atoms with Gasteiger partial charge >= 0.3 is 0 Å². The first-order valence-corrected chi connectivity index (χ1v) is 21.8. The molecule has 0 bridgehead atoms. The highest BCUT2D eigenvalue weighted by atomic mass is 32.1. The Balaban J connectivity index is 1.23. The van der Waals surface area contributed by atoms with E-state index in [4.69, 9.17) is 0 Å². The average molecular weight is 803 g/mol. The average Bonchev–Trinajstić information content (AvgIpc) is 3.80. The predicted octanol–water partition coefficient (Wildman–Crippen LogP) is 17.2. The molecule has 0 aliphatic rings. The third-order valence-corrected chi connectivity index (χ3v) is 12.9. The van der Waals surface area contributed by atoms with E-state index in [1.165, 1.54) is 75.8 Å². The molecule has 0 amide bonds. The smallest absolute Gasteiger partial charge is 0.0620 e. The van der Waals surface area contributed by atoms with E-state index in [-0.39, 0.29) is 0 Å². The number of hydrogen-bond acceptors (Lipinski definition) is 3. The van der Waals surface area contributed by atoms with Gasteiger partial charge in [-0.1, -0.05) is 162 Å². The van der Waals surface area contributed by atoms with Crippen LogP contribution in [-0.4, -0.2) is 0 Å². The lowest BCUT2D eigenvalue weighted by Gasteiger charge is -2.33. The molecule has 0 unspecified atom stereocenters. The summed E-state index contributed by atoms with van der Waals surface area (Å²) in [6.45, 7) is 8.62. The van der Waals surface area contributed by atoms with Gasteiger partial charge in [-0.25, -0.2) is 0 Å². The molecule has 0 aliphatic heterocycles. The maximum absolute atomic E-state index is 2.46. The van der Waals surface area contributed by atoms with Gasteiger partial charge in [0.25, 0.3) is 0 Å². The van der Waals surface area contributed by atoms with Crippen molar-refractivity contribution in [3.05, 3.63) is 229 Å². The van der Waals surface area contributed by atoms with Crippen LogP contribution in [0.4, 0.5) is 34.1 Å². The first-order valence-electron chi connectivity index (χ1n) is 21.0. The fraction of sp³-hybridized carbons (Fsp3) is 0.0690. The number of aryl methyl sites for hydroxylation is 4. The van der Waals surface area contributed by atoms with E-state index in [1.54, 1.807) is 0 Å². The fourth-order valence-corrected chi connectivity index (χ4v) is 9.48. The Morgan fingerprint density at radius 2 is 0.623 bits per heavy atom. The van der Waals surface area contributed by atoms with Gasteiger partial charge in [-0.05, 0) is 117 Å². The van der Waals surface area contributed by atoms with Crippen LogP contribution in [0.5, 0.6) is 0 Å². The Hall–Kier alpha value is -7.20. The van der Waals surface area contributed by atoms with E-state index in [1.807, 2.05) is 11.3 Å². The molecule has 2 nitrogen and oxygen atoms in total. The summed E-state index contributed by atoms with van der Waals surface area (Å²) >= 11 is 1.84. The normalized spacial score (nSPS) is 11.3. The number of anilines is 6. The maximum Gasteiger partial charge on any atom is 0.0620 e. The van der Waals surface area contributed by atoms with Gasteiger partial charge in [0, 0.05) is 54.0 Å². The van der Waals surface area contributed by atoms with Gasteiger partial charge in [0.05, 0.1) is 11.4 Å². The van der Waals surface area contributed by atoms with Crippen molar-refractivity contribution in [3.63, 3.8) is 0 Å². The summed E-state index contributed by atoms with van der Waals surface area (Å²) in [5, 5.41) is 4.70. The van der Waals surface area contributed by atoms with Crippen LogP contribution in [0.25, 0.3) is 53.6 Å². The van der Waals surface area contributed by atoms with E-state index in [9.17, 15) is 0 Å². The molecular weight excluding hydrogens is 757 g/mol.